The van der Waals surface area contributed by atoms with E-state index in [1.165, 1.54) is 12.8 Å². The lowest BCUT2D eigenvalue weighted by Crippen LogP contribution is -2.40. The van der Waals surface area contributed by atoms with E-state index in [0.717, 1.165) is 5.92 Å². The average molecular weight is 198 g/mol. The number of rotatable bonds is 3. The Balaban J connectivity index is 2.29. The zero-order valence-corrected chi connectivity index (χ0v) is 9.71. The molecule has 1 amide bonds. The van der Waals surface area contributed by atoms with Crippen molar-refractivity contribution in [1.82, 2.24) is 10.2 Å². The first-order chi connectivity index (χ1) is 6.52. The van der Waals surface area contributed by atoms with Gasteiger partial charge in [0.2, 0.25) is 5.91 Å². The molecule has 0 aliphatic heterocycles. The summed E-state index contributed by atoms with van der Waals surface area (Å²) in [6.07, 6.45) is 2.50. The van der Waals surface area contributed by atoms with Crippen LogP contribution in [0.4, 0.5) is 0 Å². The van der Waals surface area contributed by atoms with Gasteiger partial charge in [0.25, 0.3) is 0 Å². The van der Waals surface area contributed by atoms with Crippen LogP contribution in [0.5, 0.6) is 0 Å². The summed E-state index contributed by atoms with van der Waals surface area (Å²) < 4.78 is 0. The number of likely N-dealkylation sites (N-methyl/N-ethyl adjacent to an activating group) is 1. The lowest BCUT2D eigenvalue weighted by Gasteiger charge is -2.20. The Bertz CT molecular complexity index is 203. The Morgan fingerprint density at radius 3 is 2.43 bits per heavy atom. The van der Waals surface area contributed by atoms with Gasteiger partial charge in [-0.3, -0.25) is 4.79 Å². The fourth-order valence-corrected chi connectivity index (χ4v) is 2.03. The molecule has 0 aromatic heterocycles. The molecule has 0 aromatic rings. The fraction of sp³-hybridized carbons (Fsp3) is 0.909. The summed E-state index contributed by atoms with van der Waals surface area (Å²) in [6, 6.07) is 0.536. The van der Waals surface area contributed by atoms with Gasteiger partial charge in [0.05, 0.1) is 6.54 Å². The third kappa shape index (κ3) is 2.71. The molecule has 3 heteroatoms. The van der Waals surface area contributed by atoms with Gasteiger partial charge in [0, 0.05) is 20.1 Å². The molecule has 0 radical (unpaired) electrons. The fourth-order valence-electron chi connectivity index (χ4n) is 2.03. The SMILES string of the molecule is CC1CCC(NCC(=O)N(C)C)C1C. The largest absolute Gasteiger partial charge is 0.348 e. The maximum absolute atomic E-state index is 11.4. The molecule has 1 fully saturated rings. The van der Waals surface area contributed by atoms with Gasteiger partial charge in [-0.2, -0.15) is 0 Å². The van der Waals surface area contributed by atoms with Gasteiger partial charge in [0.1, 0.15) is 0 Å². The van der Waals surface area contributed by atoms with E-state index in [-0.39, 0.29) is 5.91 Å². The van der Waals surface area contributed by atoms with Crippen molar-refractivity contribution in [2.45, 2.75) is 32.7 Å². The van der Waals surface area contributed by atoms with Crippen LogP contribution >= 0.6 is 0 Å². The average Bonchev–Trinajstić information content (AvgIpc) is 2.44. The van der Waals surface area contributed by atoms with E-state index in [4.69, 9.17) is 0 Å². The lowest BCUT2D eigenvalue weighted by molar-refractivity contribution is -0.127. The van der Waals surface area contributed by atoms with Crippen LogP contribution in [0.2, 0.25) is 0 Å². The third-order valence-corrected chi connectivity index (χ3v) is 3.48. The minimum absolute atomic E-state index is 0.164. The van der Waals surface area contributed by atoms with Gasteiger partial charge < -0.3 is 10.2 Å². The second-order valence-corrected chi connectivity index (χ2v) is 4.69. The lowest BCUT2D eigenvalue weighted by atomic mass is 9.98. The Labute approximate surface area is 86.9 Å². The second-order valence-electron chi connectivity index (χ2n) is 4.69. The predicted octanol–water partition coefficient (Wildman–Crippen LogP) is 1.10. The van der Waals surface area contributed by atoms with Crippen LogP contribution in [0.3, 0.4) is 0 Å². The summed E-state index contributed by atoms with van der Waals surface area (Å²) in [4.78, 5) is 13.0. The van der Waals surface area contributed by atoms with Crippen LogP contribution in [-0.4, -0.2) is 37.5 Å². The Hall–Kier alpha value is -0.570. The molecule has 1 aliphatic rings. The van der Waals surface area contributed by atoms with E-state index in [9.17, 15) is 4.79 Å². The van der Waals surface area contributed by atoms with Crippen molar-refractivity contribution in [3.63, 3.8) is 0 Å². The van der Waals surface area contributed by atoms with Gasteiger partial charge >= 0.3 is 0 Å². The van der Waals surface area contributed by atoms with Crippen LogP contribution in [0.25, 0.3) is 0 Å². The highest BCUT2D eigenvalue weighted by atomic mass is 16.2. The third-order valence-electron chi connectivity index (χ3n) is 3.48. The molecule has 1 N–H and O–H groups in total. The zero-order chi connectivity index (χ0) is 10.7. The first kappa shape index (κ1) is 11.5. The number of amides is 1. The summed E-state index contributed by atoms with van der Waals surface area (Å²) in [5.74, 6) is 1.66. The summed E-state index contributed by atoms with van der Waals surface area (Å²) in [7, 11) is 3.59. The van der Waals surface area contributed by atoms with E-state index in [1.54, 1.807) is 19.0 Å². The molecule has 3 unspecified atom stereocenters. The summed E-state index contributed by atoms with van der Waals surface area (Å²) in [6.45, 7) is 5.05. The molecule has 1 rings (SSSR count). The van der Waals surface area contributed by atoms with Gasteiger partial charge in [-0.15, -0.1) is 0 Å². The van der Waals surface area contributed by atoms with Gasteiger partial charge in [0.15, 0.2) is 0 Å². The molecule has 0 spiro atoms. The Kier molecular flexibility index (Phi) is 3.93. The second kappa shape index (κ2) is 4.78. The molecule has 0 heterocycles. The minimum Gasteiger partial charge on any atom is -0.348 e. The quantitative estimate of drug-likeness (QED) is 0.736. The number of carbonyl (C=O) groups is 1. The van der Waals surface area contributed by atoms with E-state index in [2.05, 4.69) is 19.2 Å². The Morgan fingerprint density at radius 2 is 2.00 bits per heavy atom. The molecule has 14 heavy (non-hydrogen) atoms. The number of hydrogen-bond donors (Lipinski definition) is 1. The van der Waals surface area contributed by atoms with Crippen LogP contribution in [0, 0.1) is 11.8 Å². The van der Waals surface area contributed by atoms with Crippen molar-refractivity contribution in [3.8, 4) is 0 Å². The normalized spacial score (nSPS) is 31.9. The van der Waals surface area contributed by atoms with Crippen molar-refractivity contribution >= 4 is 5.91 Å². The molecule has 0 saturated heterocycles. The highest BCUT2D eigenvalue weighted by Crippen LogP contribution is 2.30. The molecule has 1 saturated carbocycles. The number of nitrogens with one attached hydrogen (secondary N) is 1. The zero-order valence-electron chi connectivity index (χ0n) is 9.71. The molecule has 3 nitrogen and oxygen atoms in total. The molecule has 0 bridgehead atoms. The topological polar surface area (TPSA) is 32.3 Å². The van der Waals surface area contributed by atoms with Gasteiger partial charge in [-0.25, -0.2) is 0 Å². The smallest absolute Gasteiger partial charge is 0.236 e. The number of hydrogen-bond acceptors (Lipinski definition) is 2. The molecule has 3 atom stereocenters. The van der Waals surface area contributed by atoms with Gasteiger partial charge in [-0.05, 0) is 24.7 Å². The van der Waals surface area contributed by atoms with E-state index in [0.29, 0.717) is 18.5 Å². The molecule has 1 aliphatic carbocycles. The highest BCUT2D eigenvalue weighted by molar-refractivity contribution is 5.77. The van der Waals surface area contributed by atoms with Crippen LogP contribution in [0.15, 0.2) is 0 Å². The van der Waals surface area contributed by atoms with Gasteiger partial charge in [-0.1, -0.05) is 13.8 Å². The molecular weight excluding hydrogens is 176 g/mol. The van der Waals surface area contributed by atoms with Crippen LogP contribution in [-0.2, 0) is 4.79 Å². The minimum atomic E-state index is 0.164. The maximum Gasteiger partial charge on any atom is 0.236 e. The predicted molar refractivity (Wildman–Crippen MR) is 58.0 cm³/mol. The van der Waals surface area contributed by atoms with Crippen molar-refractivity contribution in [2.75, 3.05) is 20.6 Å². The maximum atomic E-state index is 11.4. The van der Waals surface area contributed by atoms with Crippen LogP contribution in [0.1, 0.15) is 26.7 Å². The summed E-state index contributed by atoms with van der Waals surface area (Å²) in [5.41, 5.74) is 0. The summed E-state index contributed by atoms with van der Waals surface area (Å²) >= 11 is 0. The highest BCUT2D eigenvalue weighted by Gasteiger charge is 2.29. The van der Waals surface area contributed by atoms with Crippen LogP contribution < -0.4 is 5.32 Å². The number of nitrogens with zero attached hydrogens (tertiary/aromatic N) is 1. The van der Waals surface area contributed by atoms with E-state index in [1.807, 2.05) is 0 Å². The van der Waals surface area contributed by atoms with Crippen molar-refractivity contribution in [2.24, 2.45) is 11.8 Å². The van der Waals surface area contributed by atoms with E-state index < -0.39 is 0 Å². The monoisotopic (exact) mass is 198 g/mol. The first-order valence-corrected chi connectivity index (χ1v) is 5.46. The number of carbonyl (C=O) groups excluding carboxylic acids is 1. The molecule has 0 aromatic carbocycles. The molecular formula is C11H22N2O. The first-order valence-electron chi connectivity index (χ1n) is 5.46. The van der Waals surface area contributed by atoms with Crippen molar-refractivity contribution < 1.29 is 4.79 Å². The molecule has 82 valence electrons. The standard InChI is InChI=1S/C11H22N2O/c1-8-5-6-10(9(8)2)12-7-11(14)13(3)4/h8-10,12H,5-7H2,1-4H3. The van der Waals surface area contributed by atoms with Crippen molar-refractivity contribution in [1.29, 1.82) is 0 Å². The van der Waals surface area contributed by atoms with Crippen molar-refractivity contribution in [3.05, 3.63) is 0 Å². The summed E-state index contributed by atoms with van der Waals surface area (Å²) in [5, 5.41) is 3.35. The Morgan fingerprint density at radius 1 is 1.36 bits per heavy atom. The van der Waals surface area contributed by atoms with E-state index >= 15 is 0 Å².